The number of carboxylic acid groups (broad SMARTS) is 1. The maximum atomic E-state index is 12.7. The van der Waals surface area contributed by atoms with E-state index < -0.39 is 17.8 Å². The predicted molar refractivity (Wildman–Crippen MR) is 109 cm³/mol. The molecule has 28 heavy (non-hydrogen) atoms. The molecule has 0 aromatic heterocycles. The first-order chi connectivity index (χ1) is 13.3. The van der Waals surface area contributed by atoms with Crippen molar-refractivity contribution in [2.45, 2.75) is 26.7 Å². The van der Waals surface area contributed by atoms with Crippen LogP contribution in [-0.2, 0) is 9.59 Å². The summed E-state index contributed by atoms with van der Waals surface area (Å²) in [6, 6.07) is 14.0. The number of benzene rings is 2. The first kappa shape index (κ1) is 20.0. The van der Waals surface area contributed by atoms with Gasteiger partial charge in [-0.25, -0.2) is 0 Å². The fraction of sp³-hybridized carbons (Fsp3) is 0.273. The molecule has 0 saturated heterocycles. The first-order valence-electron chi connectivity index (χ1n) is 9.06. The van der Waals surface area contributed by atoms with Gasteiger partial charge in [0.1, 0.15) is 11.5 Å². The van der Waals surface area contributed by atoms with Gasteiger partial charge in [-0.1, -0.05) is 22.7 Å². The number of nitrogens with one attached hydrogen (secondary N) is 1. The molecule has 0 saturated carbocycles. The summed E-state index contributed by atoms with van der Waals surface area (Å²) in [7, 11) is 0. The van der Waals surface area contributed by atoms with Gasteiger partial charge in [0, 0.05) is 10.7 Å². The third kappa shape index (κ3) is 4.73. The van der Waals surface area contributed by atoms with Crippen molar-refractivity contribution in [3.8, 4) is 11.5 Å². The molecule has 5 nitrogen and oxygen atoms in total. The monoisotopic (exact) mass is 399 g/mol. The Bertz CT molecular complexity index is 903. The molecule has 2 atom stereocenters. The lowest BCUT2D eigenvalue weighted by molar-refractivity contribution is -0.146. The minimum Gasteiger partial charge on any atom is -0.481 e. The standard InChI is InChI=1S/C22H22ClNO4/c1-13-11-19(20(22(26)27)12-14(13)2)21(25)24-16-5-9-18(10-6-16)28-17-7-3-15(23)4-8-17/h3-10,19-20H,11-12H2,1-2H3,(H,24,25)(H,26,27)/t19-,20-/m1/s1. The molecule has 2 N–H and O–H groups in total. The van der Waals surface area contributed by atoms with Crippen molar-refractivity contribution in [3.05, 3.63) is 64.7 Å². The molecular weight excluding hydrogens is 378 g/mol. The van der Waals surface area contributed by atoms with Crippen molar-refractivity contribution >= 4 is 29.2 Å². The van der Waals surface area contributed by atoms with E-state index in [-0.39, 0.29) is 5.91 Å². The Balaban J connectivity index is 1.66. The van der Waals surface area contributed by atoms with Crippen molar-refractivity contribution in [1.29, 1.82) is 0 Å². The molecule has 3 rings (SSSR count). The highest BCUT2D eigenvalue weighted by molar-refractivity contribution is 6.30. The predicted octanol–water partition coefficient (Wildman–Crippen LogP) is 5.52. The van der Waals surface area contributed by atoms with Crippen LogP contribution in [0.1, 0.15) is 26.7 Å². The van der Waals surface area contributed by atoms with Crippen LogP contribution in [0.25, 0.3) is 0 Å². The number of carbonyl (C=O) groups is 2. The Morgan fingerprint density at radius 3 is 1.96 bits per heavy atom. The van der Waals surface area contributed by atoms with Gasteiger partial charge < -0.3 is 15.2 Å². The SMILES string of the molecule is CC1=C(C)C[C@@H](C(=O)Nc2ccc(Oc3ccc(Cl)cc3)cc2)[C@H](C(=O)O)C1. The van der Waals surface area contributed by atoms with Gasteiger partial charge in [-0.15, -0.1) is 0 Å². The molecule has 1 aliphatic carbocycles. The Hall–Kier alpha value is -2.79. The maximum absolute atomic E-state index is 12.7. The summed E-state index contributed by atoms with van der Waals surface area (Å²) in [5, 5.41) is 13.0. The van der Waals surface area contributed by atoms with E-state index in [1.165, 1.54) is 0 Å². The van der Waals surface area contributed by atoms with Crippen LogP contribution in [0.5, 0.6) is 11.5 Å². The van der Waals surface area contributed by atoms with Crippen molar-refractivity contribution in [1.82, 2.24) is 0 Å². The minimum absolute atomic E-state index is 0.273. The number of allylic oxidation sites excluding steroid dienone is 2. The number of halogens is 1. The van der Waals surface area contributed by atoms with E-state index in [2.05, 4.69) is 5.32 Å². The van der Waals surface area contributed by atoms with Gasteiger partial charge in [0.2, 0.25) is 5.91 Å². The molecule has 0 unspecified atom stereocenters. The average Bonchev–Trinajstić information content (AvgIpc) is 2.66. The summed E-state index contributed by atoms with van der Waals surface area (Å²) in [6.45, 7) is 3.88. The van der Waals surface area contributed by atoms with E-state index in [0.717, 1.165) is 11.1 Å². The van der Waals surface area contributed by atoms with Gasteiger partial charge >= 0.3 is 5.97 Å². The summed E-state index contributed by atoms with van der Waals surface area (Å²) in [5.74, 6) is -1.20. The number of rotatable bonds is 5. The van der Waals surface area contributed by atoms with Crippen LogP contribution in [0.15, 0.2) is 59.7 Å². The Morgan fingerprint density at radius 1 is 0.929 bits per heavy atom. The highest BCUT2D eigenvalue weighted by Gasteiger charge is 2.37. The molecule has 0 bridgehead atoms. The van der Waals surface area contributed by atoms with Crippen LogP contribution >= 0.6 is 11.6 Å². The first-order valence-corrected chi connectivity index (χ1v) is 9.43. The van der Waals surface area contributed by atoms with Crippen molar-refractivity contribution in [2.75, 3.05) is 5.32 Å². The summed E-state index contributed by atoms with van der Waals surface area (Å²) in [5.41, 5.74) is 2.74. The van der Waals surface area contributed by atoms with Crippen LogP contribution in [0.2, 0.25) is 5.02 Å². The zero-order valence-corrected chi connectivity index (χ0v) is 16.5. The van der Waals surface area contributed by atoms with Crippen molar-refractivity contribution < 1.29 is 19.4 Å². The molecule has 0 heterocycles. The van der Waals surface area contributed by atoms with Crippen LogP contribution < -0.4 is 10.1 Å². The van der Waals surface area contributed by atoms with Crippen LogP contribution in [0.4, 0.5) is 5.69 Å². The van der Waals surface area contributed by atoms with Gasteiger partial charge in [-0.3, -0.25) is 9.59 Å². The van der Waals surface area contributed by atoms with Crippen molar-refractivity contribution in [3.63, 3.8) is 0 Å². The number of carbonyl (C=O) groups excluding carboxylic acids is 1. The zero-order chi connectivity index (χ0) is 20.3. The summed E-state index contributed by atoms with van der Waals surface area (Å²) in [6.07, 6.45) is 0.875. The second-order valence-corrected chi connectivity index (χ2v) is 7.53. The highest BCUT2D eigenvalue weighted by atomic mass is 35.5. The van der Waals surface area contributed by atoms with Gasteiger partial charge in [0.25, 0.3) is 0 Å². The van der Waals surface area contributed by atoms with Gasteiger partial charge in [0.15, 0.2) is 0 Å². The van der Waals surface area contributed by atoms with E-state index >= 15 is 0 Å². The minimum atomic E-state index is -0.932. The fourth-order valence-corrected chi connectivity index (χ4v) is 3.43. The second-order valence-electron chi connectivity index (χ2n) is 7.09. The Labute approximate surface area is 169 Å². The average molecular weight is 400 g/mol. The zero-order valence-electron chi connectivity index (χ0n) is 15.7. The van der Waals surface area contributed by atoms with Gasteiger partial charge in [-0.2, -0.15) is 0 Å². The molecule has 2 aromatic carbocycles. The molecule has 0 spiro atoms. The largest absolute Gasteiger partial charge is 0.481 e. The van der Waals surface area contributed by atoms with E-state index in [9.17, 15) is 14.7 Å². The third-order valence-electron chi connectivity index (χ3n) is 5.09. The molecule has 146 valence electrons. The topological polar surface area (TPSA) is 75.6 Å². The second kappa shape index (κ2) is 8.48. The van der Waals surface area contributed by atoms with Gasteiger partial charge in [-0.05, 0) is 75.2 Å². The highest BCUT2D eigenvalue weighted by Crippen LogP contribution is 2.35. The number of amides is 1. The van der Waals surface area contributed by atoms with E-state index in [4.69, 9.17) is 16.3 Å². The number of hydrogen-bond donors (Lipinski definition) is 2. The number of ether oxygens (including phenoxy) is 1. The summed E-state index contributed by atoms with van der Waals surface area (Å²) >= 11 is 5.86. The lowest BCUT2D eigenvalue weighted by Crippen LogP contribution is -2.36. The molecule has 0 aliphatic heterocycles. The Morgan fingerprint density at radius 2 is 1.43 bits per heavy atom. The molecule has 0 fully saturated rings. The number of carboxylic acids is 1. The fourth-order valence-electron chi connectivity index (χ4n) is 3.31. The molecule has 6 heteroatoms. The lowest BCUT2D eigenvalue weighted by Gasteiger charge is -2.29. The molecule has 2 aromatic rings. The molecule has 0 radical (unpaired) electrons. The quantitative estimate of drug-likeness (QED) is 0.649. The number of anilines is 1. The van der Waals surface area contributed by atoms with Crippen LogP contribution in [-0.4, -0.2) is 17.0 Å². The lowest BCUT2D eigenvalue weighted by atomic mass is 9.76. The van der Waals surface area contributed by atoms with Crippen LogP contribution in [0.3, 0.4) is 0 Å². The molecule has 1 aliphatic rings. The van der Waals surface area contributed by atoms with Gasteiger partial charge in [0.05, 0.1) is 11.8 Å². The number of hydrogen-bond acceptors (Lipinski definition) is 3. The Kier molecular flexibility index (Phi) is 6.05. The number of aliphatic carboxylic acids is 1. The summed E-state index contributed by atoms with van der Waals surface area (Å²) in [4.78, 5) is 24.3. The van der Waals surface area contributed by atoms with E-state index in [0.29, 0.717) is 35.1 Å². The smallest absolute Gasteiger partial charge is 0.307 e. The van der Waals surface area contributed by atoms with Crippen molar-refractivity contribution in [2.24, 2.45) is 11.8 Å². The van der Waals surface area contributed by atoms with E-state index in [1.807, 2.05) is 13.8 Å². The normalized spacial score (nSPS) is 19.2. The molecule has 1 amide bonds. The summed E-state index contributed by atoms with van der Waals surface area (Å²) < 4.78 is 5.73. The maximum Gasteiger partial charge on any atom is 0.307 e. The van der Waals surface area contributed by atoms with E-state index in [1.54, 1.807) is 48.5 Å². The third-order valence-corrected chi connectivity index (χ3v) is 5.34. The molecular formula is C22H22ClNO4. The van der Waals surface area contributed by atoms with Crippen LogP contribution in [0, 0.1) is 11.8 Å².